The second-order valence-electron chi connectivity index (χ2n) is 4.59. The monoisotopic (exact) mass is 262 g/mol. The lowest BCUT2D eigenvalue weighted by Crippen LogP contribution is -2.45. The highest BCUT2D eigenvalue weighted by atomic mass is 16.2. The number of carbonyl (C=O) groups is 2. The molecule has 2 rings (SSSR count). The molecule has 0 bridgehead atoms. The third-order valence-corrected chi connectivity index (χ3v) is 3.26. The molecule has 0 saturated carbocycles. The largest absolute Gasteiger partial charge is 0.368 e. The minimum atomic E-state index is -0.502. The molecule has 6 heteroatoms. The van der Waals surface area contributed by atoms with Crippen molar-refractivity contribution in [1.82, 2.24) is 4.90 Å². The Labute approximate surface area is 111 Å². The second-order valence-corrected chi connectivity index (χ2v) is 4.59. The normalized spacial score (nSPS) is 18.4. The smallest absolute Gasteiger partial charge is 0.322 e. The summed E-state index contributed by atoms with van der Waals surface area (Å²) in [5.74, 6) is -0.455. The number of rotatable bonds is 3. The highest BCUT2D eigenvalue weighted by molar-refractivity contribution is 5.93. The molecule has 1 fully saturated rings. The molecule has 1 aliphatic rings. The minimum Gasteiger partial charge on any atom is -0.368 e. The number of hydrogen-bond acceptors (Lipinski definition) is 3. The van der Waals surface area contributed by atoms with Crippen LogP contribution < -0.4 is 16.8 Å². The van der Waals surface area contributed by atoms with Crippen LogP contribution >= 0.6 is 0 Å². The van der Waals surface area contributed by atoms with E-state index in [0.717, 1.165) is 12.0 Å². The van der Waals surface area contributed by atoms with Gasteiger partial charge in [-0.05, 0) is 30.5 Å². The fourth-order valence-corrected chi connectivity index (χ4v) is 2.28. The molecule has 1 aromatic rings. The van der Waals surface area contributed by atoms with Gasteiger partial charge in [0.25, 0.3) is 0 Å². The Hall–Kier alpha value is -2.08. The Morgan fingerprint density at radius 3 is 2.89 bits per heavy atom. The van der Waals surface area contributed by atoms with E-state index in [-0.39, 0.29) is 6.03 Å². The van der Waals surface area contributed by atoms with Crippen molar-refractivity contribution in [2.75, 3.05) is 11.9 Å². The number of nitrogens with two attached hydrogens (primary N) is 2. The summed E-state index contributed by atoms with van der Waals surface area (Å²) in [6.45, 7) is 0.966. The molecule has 1 aliphatic heterocycles. The number of benzene rings is 1. The number of urea groups is 1. The topological polar surface area (TPSA) is 101 Å². The van der Waals surface area contributed by atoms with E-state index >= 15 is 0 Å². The lowest BCUT2D eigenvalue weighted by molar-refractivity contribution is -0.121. The van der Waals surface area contributed by atoms with E-state index in [9.17, 15) is 9.59 Å². The summed E-state index contributed by atoms with van der Waals surface area (Å²) in [6.07, 6.45) is 1.43. The van der Waals surface area contributed by atoms with Gasteiger partial charge in [0.05, 0.1) is 0 Å². The first-order valence-corrected chi connectivity index (χ1v) is 6.28. The first-order chi connectivity index (χ1) is 9.11. The van der Waals surface area contributed by atoms with Gasteiger partial charge >= 0.3 is 6.03 Å². The Bertz CT molecular complexity index is 489. The van der Waals surface area contributed by atoms with Crippen molar-refractivity contribution in [3.8, 4) is 0 Å². The fraction of sp³-hybridized carbons (Fsp3) is 0.385. The van der Waals surface area contributed by atoms with Crippen molar-refractivity contribution >= 4 is 17.6 Å². The van der Waals surface area contributed by atoms with E-state index in [1.54, 1.807) is 6.07 Å². The van der Waals surface area contributed by atoms with Crippen LogP contribution in [-0.2, 0) is 11.3 Å². The number of nitrogens with one attached hydrogen (secondary N) is 1. The second kappa shape index (κ2) is 5.71. The van der Waals surface area contributed by atoms with Crippen LogP contribution in [0.5, 0.6) is 0 Å². The van der Waals surface area contributed by atoms with E-state index in [4.69, 9.17) is 11.5 Å². The van der Waals surface area contributed by atoms with Gasteiger partial charge in [0, 0.05) is 18.8 Å². The minimum absolute atomic E-state index is 0.296. The standard InChI is InChI=1S/C13H18N4O2/c14-8-9-3-1-4-10(7-9)16-13(19)17-6-2-5-11(17)12(15)18/h1,3-4,7,11H,2,5-6,8,14H2,(H2,15,18)(H,16,19). The molecule has 1 unspecified atom stereocenters. The predicted molar refractivity (Wildman–Crippen MR) is 72.3 cm³/mol. The maximum atomic E-state index is 12.1. The van der Waals surface area contributed by atoms with Crippen LogP contribution in [0, 0.1) is 0 Å². The molecule has 1 aromatic carbocycles. The van der Waals surface area contributed by atoms with Gasteiger partial charge in [0.15, 0.2) is 0 Å². The summed E-state index contributed by atoms with van der Waals surface area (Å²) >= 11 is 0. The highest BCUT2D eigenvalue weighted by Crippen LogP contribution is 2.19. The summed E-state index contributed by atoms with van der Waals surface area (Å²) in [6, 6.07) is 6.51. The van der Waals surface area contributed by atoms with Gasteiger partial charge < -0.3 is 21.7 Å². The van der Waals surface area contributed by atoms with E-state index in [1.807, 2.05) is 18.2 Å². The third kappa shape index (κ3) is 3.03. The average molecular weight is 262 g/mol. The molecule has 1 heterocycles. The van der Waals surface area contributed by atoms with Crippen molar-refractivity contribution in [2.45, 2.75) is 25.4 Å². The molecule has 3 amide bonds. The van der Waals surface area contributed by atoms with Crippen LogP contribution in [-0.4, -0.2) is 29.4 Å². The average Bonchev–Trinajstić information content (AvgIpc) is 2.88. The van der Waals surface area contributed by atoms with Crippen molar-refractivity contribution < 1.29 is 9.59 Å². The number of hydrogen-bond donors (Lipinski definition) is 3. The van der Waals surface area contributed by atoms with Crippen molar-refractivity contribution in [3.05, 3.63) is 29.8 Å². The Morgan fingerprint density at radius 1 is 1.42 bits per heavy atom. The molecule has 1 saturated heterocycles. The van der Waals surface area contributed by atoms with Gasteiger partial charge in [-0.15, -0.1) is 0 Å². The molecule has 19 heavy (non-hydrogen) atoms. The maximum absolute atomic E-state index is 12.1. The molecule has 0 radical (unpaired) electrons. The molecule has 0 aromatic heterocycles. The maximum Gasteiger partial charge on any atom is 0.322 e. The van der Waals surface area contributed by atoms with Crippen molar-refractivity contribution in [1.29, 1.82) is 0 Å². The van der Waals surface area contributed by atoms with Crippen LogP contribution in [0.15, 0.2) is 24.3 Å². The molecule has 102 valence electrons. The Morgan fingerprint density at radius 2 is 2.21 bits per heavy atom. The van der Waals surface area contributed by atoms with Gasteiger partial charge in [-0.25, -0.2) is 4.79 Å². The molecule has 6 nitrogen and oxygen atoms in total. The van der Waals surface area contributed by atoms with Gasteiger partial charge in [0.2, 0.25) is 5.91 Å². The van der Waals surface area contributed by atoms with Gasteiger partial charge in [0.1, 0.15) is 6.04 Å². The Balaban J connectivity index is 2.06. The first-order valence-electron chi connectivity index (χ1n) is 6.28. The Kier molecular flexibility index (Phi) is 4.01. The van der Waals surface area contributed by atoms with Gasteiger partial charge in [-0.3, -0.25) is 4.79 Å². The number of likely N-dealkylation sites (tertiary alicyclic amines) is 1. The van der Waals surface area contributed by atoms with E-state index in [0.29, 0.717) is 25.2 Å². The predicted octanol–water partition coefficient (Wildman–Crippen LogP) is 0.627. The van der Waals surface area contributed by atoms with E-state index < -0.39 is 11.9 Å². The molecular formula is C13H18N4O2. The summed E-state index contributed by atoms with van der Waals surface area (Å²) in [5.41, 5.74) is 12.4. The van der Waals surface area contributed by atoms with Gasteiger partial charge in [-0.1, -0.05) is 12.1 Å². The fourth-order valence-electron chi connectivity index (χ4n) is 2.28. The summed E-state index contributed by atoms with van der Waals surface area (Å²) in [4.78, 5) is 24.8. The summed E-state index contributed by atoms with van der Waals surface area (Å²) in [5, 5.41) is 2.77. The van der Waals surface area contributed by atoms with Gasteiger partial charge in [-0.2, -0.15) is 0 Å². The van der Waals surface area contributed by atoms with Crippen LogP contribution in [0.25, 0.3) is 0 Å². The zero-order valence-corrected chi connectivity index (χ0v) is 10.6. The lowest BCUT2D eigenvalue weighted by Gasteiger charge is -2.22. The molecule has 0 spiro atoms. The number of carbonyl (C=O) groups excluding carboxylic acids is 2. The van der Waals surface area contributed by atoms with Crippen LogP contribution in [0.4, 0.5) is 10.5 Å². The number of nitrogens with zero attached hydrogens (tertiary/aromatic N) is 1. The zero-order chi connectivity index (χ0) is 13.8. The van der Waals surface area contributed by atoms with E-state index in [1.165, 1.54) is 4.90 Å². The number of amides is 3. The van der Waals surface area contributed by atoms with Crippen LogP contribution in [0.1, 0.15) is 18.4 Å². The SMILES string of the molecule is NCc1cccc(NC(=O)N2CCCC2C(N)=O)c1. The van der Waals surface area contributed by atoms with Crippen molar-refractivity contribution in [3.63, 3.8) is 0 Å². The third-order valence-electron chi connectivity index (χ3n) is 3.26. The van der Waals surface area contributed by atoms with Crippen LogP contribution in [0.3, 0.4) is 0 Å². The molecule has 5 N–H and O–H groups in total. The zero-order valence-electron chi connectivity index (χ0n) is 10.6. The highest BCUT2D eigenvalue weighted by Gasteiger charge is 2.32. The van der Waals surface area contributed by atoms with Crippen LogP contribution in [0.2, 0.25) is 0 Å². The number of anilines is 1. The first kappa shape index (κ1) is 13.4. The molecular weight excluding hydrogens is 244 g/mol. The van der Waals surface area contributed by atoms with Crippen molar-refractivity contribution in [2.24, 2.45) is 11.5 Å². The quantitative estimate of drug-likeness (QED) is 0.744. The van der Waals surface area contributed by atoms with E-state index in [2.05, 4.69) is 5.32 Å². The molecule has 0 aliphatic carbocycles. The molecule has 1 atom stereocenters. The summed E-state index contributed by atoms with van der Waals surface area (Å²) < 4.78 is 0. The lowest BCUT2D eigenvalue weighted by atomic mass is 10.2. The summed E-state index contributed by atoms with van der Waals surface area (Å²) in [7, 11) is 0. The number of primary amides is 1.